The number of sulfone groups is 1. The van der Waals surface area contributed by atoms with Gasteiger partial charge in [-0.05, 0) is 39.0 Å². The van der Waals surface area contributed by atoms with E-state index in [1.165, 1.54) is 11.8 Å². The molecule has 0 aliphatic carbocycles. The lowest BCUT2D eigenvalue weighted by Gasteiger charge is -2.25. The highest BCUT2D eigenvalue weighted by Crippen LogP contribution is 2.43. The van der Waals surface area contributed by atoms with Crippen molar-refractivity contribution in [3.63, 3.8) is 0 Å². The summed E-state index contributed by atoms with van der Waals surface area (Å²) in [7, 11) is -3.17. The number of nitrogens with one attached hydrogen (secondary N) is 1. The van der Waals surface area contributed by atoms with Crippen LogP contribution in [0, 0.1) is 0 Å². The van der Waals surface area contributed by atoms with E-state index in [4.69, 9.17) is 16.3 Å². The number of thioether (sulfide) groups is 1. The molecule has 2 aliphatic rings. The number of benzene rings is 1. The maximum atomic E-state index is 12.5. The molecular weight excluding hydrogens is 530 g/mol. The maximum absolute atomic E-state index is 12.5. The Kier molecular flexibility index (Phi) is 7.29. The van der Waals surface area contributed by atoms with E-state index >= 15 is 0 Å². The Labute approximate surface area is 199 Å². The number of carbonyl (C=O) groups excluding carboxylic acids is 2. The first kappa shape index (κ1) is 24.3. The van der Waals surface area contributed by atoms with Crippen molar-refractivity contribution < 1.29 is 22.7 Å². The third-order valence-corrected chi connectivity index (χ3v) is 8.47. The molecule has 0 radical (unpaired) electrons. The number of amidine groups is 1. The molecule has 12 heteroatoms. The van der Waals surface area contributed by atoms with Gasteiger partial charge in [-0.25, -0.2) is 13.2 Å². The highest BCUT2D eigenvalue weighted by molar-refractivity contribution is 9.10. The van der Waals surface area contributed by atoms with Crippen LogP contribution in [0.1, 0.15) is 27.2 Å². The number of alkyl carbamates (subject to hydrolysis) is 1. The Morgan fingerprint density at radius 3 is 2.71 bits per heavy atom. The van der Waals surface area contributed by atoms with Crippen LogP contribution in [-0.4, -0.2) is 60.5 Å². The molecule has 0 aromatic heterocycles. The van der Waals surface area contributed by atoms with Crippen molar-refractivity contribution in [2.45, 2.75) is 44.1 Å². The summed E-state index contributed by atoms with van der Waals surface area (Å²) < 4.78 is 30.2. The number of nitrogens with zero attached hydrogens (tertiary/aromatic N) is 2. The molecule has 0 bridgehead atoms. The van der Waals surface area contributed by atoms with Crippen molar-refractivity contribution in [3.05, 3.63) is 27.7 Å². The van der Waals surface area contributed by atoms with E-state index < -0.39 is 27.4 Å². The average molecular weight is 553 g/mol. The number of amides is 2. The van der Waals surface area contributed by atoms with Gasteiger partial charge in [0.05, 0.1) is 28.3 Å². The second-order valence-electron chi connectivity index (χ2n) is 8.23. The van der Waals surface area contributed by atoms with Crippen molar-refractivity contribution in [2.75, 3.05) is 23.0 Å². The van der Waals surface area contributed by atoms with Gasteiger partial charge in [0, 0.05) is 22.7 Å². The first-order chi connectivity index (χ1) is 14.3. The molecule has 170 valence electrons. The molecule has 2 fully saturated rings. The van der Waals surface area contributed by atoms with Crippen LogP contribution in [0.15, 0.2) is 27.7 Å². The lowest BCUT2D eigenvalue weighted by Crippen LogP contribution is -2.38. The summed E-state index contributed by atoms with van der Waals surface area (Å²) in [6, 6.07) is 4.93. The van der Waals surface area contributed by atoms with Crippen molar-refractivity contribution in [1.29, 1.82) is 0 Å². The maximum Gasteiger partial charge on any atom is 0.407 e. The highest BCUT2D eigenvalue weighted by atomic mass is 79.9. The highest BCUT2D eigenvalue weighted by Gasteiger charge is 2.49. The van der Waals surface area contributed by atoms with E-state index in [2.05, 4.69) is 26.2 Å². The fraction of sp³-hybridized carbons (Fsp3) is 0.526. The molecule has 2 atom stereocenters. The number of halogens is 2. The minimum absolute atomic E-state index is 0.0150. The lowest BCUT2D eigenvalue weighted by molar-refractivity contribution is -0.117. The van der Waals surface area contributed by atoms with Gasteiger partial charge in [0.25, 0.3) is 0 Å². The Hall–Kier alpha value is -1.30. The van der Waals surface area contributed by atoms with Crippen LogP contribution >= 0.6 is 39.3 Å². The summed E-state index contributed by atoms with van der Waals surface area (Å²) in [6.07, 6.45) is -0.620. The fourth-order valence-electron chi connectivity index (χ4n) is 3.27. The zero-order chi connectivity index (χ0) is 23.0. The predicted octanol–water partition coefficient (Wildman–Crippen LogP) is 3.62. The molecule has 3 rings (SSSR count). The second-order valence-corrected chi connectivity index (χ2v) is 12.9. The van der Waals surface area contributed by atoms with Gasteiger partial charge < -0.3 is 15.0 Å². The number of hydrogen-bond acceptors (Lipinski definition) is 6. The zero-order valence-corrected chi connectivity index (χ0v) is 21.2. The number of anilines is 1. The Balaban J connectivity index is 1.75. The van der Waals surface area contributed by atoms with Crippen molar-refractivity contribution >= 4 is 72.0 Å². The molecule has 0 saturated carbocycles. The Morgan fingerprint density at radius 1 is 1.35 bits per heavy atom. The van der Waals surface area contributed by atoms with Crippen molar-refractivity contribution in [3.8, 4) is 0 Å². The van der Waals surface area contributed by atoms with E-state index in [0.717, 1.165) is 4.47 Å². The minimum Gasteiger partial charge on any atom is -0.444 e. The molecule has 31 heavy (non-hydrogen) atoms. The van der Waals surface area contributed by atoms with Gasteiger partial charge in [-0.2, -0.15) is 4.99 Å². The fourth-order valence-corrected chi connectivity index (χ4v) is 7.96. The lowest BCUT2D eigenvalue weighted by atomic mass is 10.2. The van der Waals surface area contributed by atoms with Gasteiger partial charge in [-0.3, -0.25) is 4.79 Å². The van der Waals surface area contributed by atoms with Gasteiger partial charge in [0.15, 0.2) is 15.0 Å². The molecule has 8 nitrogen and oxygen atoms in total. The van der Waals surface area contributed by atoms with Crippen LogP contribution in [0.3, 0.4) is 0 Å². The van der Waals surface area contributed by atoms with Crippen LogP contribution in [0.2, 0.25) is 5.02 Å². The smallest absolute Gasteiger partial charge is 0.407 e. The zero-order valence-electron chi connectivity index (χ0n) is 17.2. The third kappa shape index (κ3) is 6.36. The van der Waals surface area contributed by atoms with E-state index in [-0.39, 0.29) is 35.8 Å². The molecule has 2 saturated heterocycles. The van der Waals surface area contributed by atoms with Crippen LogP contribution in [0.4, 0.5) is 10.5 Å². The summed E-state index contributed by atoms with van der Waals surface area (Å²) in [4.78, 5) is 30.1. The van der Waals surface area contributed by atoms with Crippen molar-refractivity contribution in [2.24, 2.45) is 4.99 Å². The van der Waals surface area contributed by atoms with Gasteiger partial charge >= 0.3 is 6.09 Å². The first-order valence-electron chi connectivity index (χ1n) is 9.54. The quantitative estimate of drug-likeness (QED) is 0.608. The predicted molar refractivity (Wildman–Crippen MR) is 127 cm³/mol. The summed E-state index contributed by atoms with van der Waals surface area (Å²) >= 11 is 11.0. The van der Waals surface area contributed by atoms with E-state index in [0.29, 0.717) is 15.9 Å². The monoisotopic (exact) mass is 551 g/mol. The number of carbonyl (C=O) groups is 2. The number of fused-ring (bicyclic) bond motifs is 1. The molecule has 2 heterocycles. The van der Waals surface area contributed by atoms with Crippen LogP contribution in [-0.2, 0) is 19.4 Å². The normalized spacial score (nSPS) is 23.6. The molecule has 0 spiro atoms. The SMILES string of the molecule is CC(C)(C)OC(=O)NCCC(=O)N=C1S[C@H]2CS(=O)(=O)C[C@@H]2N1c1ccc(Br)cc1Cl. The summed E-state index contributed by atoms with van der Waals surface area (Å²) in [6.45, 7) is 5.33. The Bertz CT molecular complexity index is 1030. The number of aliphatic imine (C=N–C) groups is 1. The van der Waals surface area contributed by atoms with Crippen LogP contribution in [0.25, 0.3) is 0 Å². The van der Waals surface area contributed by atoms with Gasteiger partial charge in [0.2, 0.25) is 5.91 Å². The molecule has 2 aliphatic heterocycles. The first-order valence-corrected chi connectivity index (χ1v) is 13.4. The second kappa shape index (κ2) is 9.29. The van der Waals surface area contributed by atoms with Gasteiger partial charge in [-0.15, -0.1) is 0 Å². The molecular formula is C19H23BrClN3O5S2. The summed E-state index contributed by atoms with van der Waals surface area (Å²) in [5, 5.41) is 3.14. The molecule has 0 unspecified atom stereocenters. The van der Waals surface area contributed by atoms with E-state index in [9.17, 15) is 18.0 Å². The third-order valence-electron chi connectivity index (χ3n) is 4.46. The molecule has 1 aromatic carbocycles. The number of ether oxygens (including phenoxy) is 1. The Morgan fingerprint density at radius 2 is 2.06 bits per heavy atom. The van der Waals surface area contributed by atoms with Crippen LogP contribution < -0.4 is 10.2 Å². The average Bonchev–Trinajstić information content (AvgIpc) is 3.04. The minimum atomic E-state index is -3.17. The van der Waals surface area contributed by atoms with Gasteiger partial charge in [-0.1, -0.05) is 39.3 Å². The topological polar surface area (TPSA) is 105 Å². The molecule has 2 amide bonds. The summed E-state index contributed by atoms with van der Waals surface area (Å²) in [5.74, 6) is -0.426. The number of rotatable bonds is 4. The van der Waals surface area contributed by atoms with Crippen LogP contribution in [0.5, 0.6) is 0 Å². The molecule has 1 aromatic rings. The number of hydrogen-bond donors (Lipinski definition) is 1. The van der Waals surface area contributed by atoms with E-state index in [1.807, 2.05) is 0 Å². The van der Waals surface area contributed by atoms with E-state index in [1.54, 1.807) is 43.9 Å². The van der Waals surface area contributed by atoms with Crippen molar-refractivity contribution in [1.82, 2.24) is 5.32 Å². The summed E-state index contributed by atoms with van der Waals surface area (Å²) in [5.41, 5.74) is -0.0300. The molecule has 1 N–H and O–H groups in total. The standard InChI is InChI=1S/C19H23BrClN3O5S2/c1-19(2,3)29-18(26)22-7-6-16(25)23-17-24(13-5-4-11(20)8-12(13)21)14-9-31(27,28)10-15(14)30-17/h4-5,8,14-15H,6-7,9-10H2,1-3H3,(H,22,26)/t14-,15-/m0/s1. The largest absolute Gasteiger partial charge is 0.444 e. The van der Waals surface area contributed by atoms with Gasteiger partial charge in [0.1, 0.15) is 5.60 Å².